The Morgan fingerprint density at radius 3 is 2.36 bits per heavy atom. The van der Waals surface area contributed by atoms with Crippen molar-refractivity contribution in [2.24, 2.45) is 0 Å². The van der Waals surface area contributed by atoms with Gasteiger partial charge in [0.1, 0.15) is 18.6 Å². The Labute approximate surface area is 144 Å². The number of hydrogen-bond donors (Lipinski definition) is 4. The fourth-order valence-corrected chi connectivity index (χ4v) is 2.48. The van der Waals surface area contributed by atoms with Gasteiger partial charge in [-0.2, -0.15) is 13.2 Å². The molecule has 0 aromatic heterocycles. The van der Waals surface area contributed by atoms with Gasteiger partial charge in [-0.25, -0.2) is 0 Å². The number of nitrogen functional groups attached to an aromatic ring is 1. The van der Waals surface area contributed by atoms with Crippen LogP contribution in [0.15, 0.2) is 12.1 Å². The Kier molecular flexibility index (Phi) is 7.55. The average Bonchev–Trinajstić information content (AvgIpc) is 2.49. The van der Waals surface area contributed by atoms with E-state index >= 15 is 0 Å². The average molecular weight is 385 g/mol. The summed E-state index contributed by atoms with van der Waals surface area (Å²) in [4.78, 5) is 19.7. The van der Waals surface area contributed by atoms with Crippen LogP contribution >= 0.6 is 7.60 Å². The van der Waals surface area contributed by atoms with Crippen LogP contribution < -0.4 is 15.8 Å². The fraction of sp³-hybridized carbons (Fsp3) is 0.571. The van der Waals surface area contributed by atoms with Gasteiger partial charge < -0.3 is 30.5 Å². The van der Waals surface area contributed by atoms with Crippen LogP contribution in [0.5, 0.6) is 5.75 Å². The zero-order chi connectivity index (χ0) is 19.3. The Morgan fingerprint density at radius 2 is 1.88 bits per heavy atom. The van der Waals surface area contributed by atoms with Crippen LogP contribution in [0, 0.1) is 0 Å². The molecule has 0 saturated heterocycles. The number of nitrogens with zero attached hydrogens (tertiary/aromatic N) is 1. The van der Waals surface area contributed by atoms with Crippen LogP contribution in [-0.4, -0.2) is 47.2 Å². The van der Waals surface area contributed by atoms with Crippen molar-refractivity contribution in [1.82, 2.24) is 4.90 Å². The second-order valence-corrected chi connectivity index (χ2v) is 6.95. The highest BCUT2D eigenvalue weighted by atomic mass is 31.2. The molecule has 0 radical (unpaired) electrons. The number of hydrogen-bond acceptors (Lipinski definition) is 5. The summed E-state index contributed by atoms with van der Waals surface area (Å²) in [5, 5.41) is 2.35. The van der Waals surface area contributed by atoms with Gasteiger partial charge in [-0.15, -0.1) is 0 Å². The SMILES string of the molecule is CCN(CC)CCOc1cc(NCP(=O)(O)O)c(N)cc1C(F)(F)F. The van der Waals surface area contributed by atoms with Crippen molar-refractivity contribution in [3.63, 3.8) is 0 Å². The topological polar surface area (TPSA) is 108 Å². The Hall–Kier alpha value is -1.48. The van der Waals surface area contributed by atoms with Crippen molar-refractivity contribution < 1.29 is 32.3 Å². The molecule has 0 spiro atoms. The van der Waals surface area contributed by atoms with Crippen molar-refractivity contribution in [1.29, 1.82) is 0 Å². The number of likely N-dealkylation sites (N-methyl/N-ethyl adjacent to an activating group) is 1. The summed E-state index contributed by atoms with van der Waals surface area (Å²) in [6, 6.07) is 1.70. The third kappa shape index (κ3) is 7.11. The zero-order valence-electron chi connectivity index (χ0n) is 14.0. The highest BCUT2D eigenvalue weighted by molar-refractivity contribution is 7.51. The third-order valence-electron chi connectivity index (χ3n) is 3.49. The van der Waals surface area contributed by atoms with E-state index in [4.69, 9.17) is 20.3 Å². The molecule has 0 atom stereocenters. The maximum atomic E-state index is 13.2. The van der Waals surface area contributed by atoms with E-state index in [9.17, 15) is 17.7 Å². The second-order valence-electron chi connectivity index (χ2n) is 5.31. The Bertz CT molecular complexity index is 618. The van der Waals surface area contributed by atoms with E-state index in [1.54, 1.807) is 0 Å². The van der Waals surface area contributed by atoms with Gasteiger partial charge in [0.15, 0.2) is 0 Å². The van der Waals surface area contributed by atoms with Crippen LogP contribution in [-0.2, 0) is 10.7 Å². The molecule has 0 fully saturated rings. The molecule has 1 aromatic carbocycles. The summed E-state index contributed by atoms with van der Waals surface area (Å²) in [6.07, 6.45) is -5.41. The fourth-order valence-electron chi connectivity index (χ4n) is 2.10. The van der Waals surface area contributed by atoms with Gasteiger partial charge in [0.25, 0.3) is 0 Å². The summed E-state index contributed by atoms with van der Waals surface area (Å²) in [7, 11) is -4.39. The predicted molar refractivity (Wildman–Crippen MR) is 89.7 cm³/mol. The third-order valence-corrected chi connectivity index (χ3v) is 4.06. The van der Waals surface area contributed by atoms with Crippen LogP contribution in [0.3, 0.4) is 0 Å². The molecule has 11 heteroatoms. The quantitative estimate of drug-likeness (QED) is 0.382. The molecule has 25 heavy (non-hydrogen) atoms. The maximum absolute atomic E-state index is 13.2. The van der Waals surface area contributed by atoms with E-state index in [0.717, 1.165) is 19.2 Å². The molecular weight excluding hydrogens is 362 g/mol. The minimum absolute atomic E-state index is 0.0332. The first-order chi connectivity index (χ1) is 11.5. The van der Waals surface area contributed by atoms with Crippen molar-refractivity contribution >= 4 is 19.0 Å². The van der Waals surface area contributed by atoms with E-state index in [1.165, 1.54) is 0 Å². The summed E-state index contributed by atoms with van der Waals surface area (Å²) in [6.45, 7) is 5.81. The lowest BCUT2D eigenvalue weighted by Gasteiger charge is -2.21. The van der Waals surface area contributed by atoms with Crippen LogP contribution in [0.2, 0.25) is 0 Å². The van der Waals surface area contributed by atoms with Crippen molar-refractivity contribution in [2.75, 3.05) is 43.6 Å². The zero-order valence-corrected chi connectivity index (χ0v) is 14.9. The molecule has 0 bridgehead atoms. The van der Waals surface area contributed by atoms with Gasteiger partial charge >= 0.3 is 13.8 Å². The summed E-state index contributed by atoms with van der Waals surface area (Å²) in [5.41, 5.74) is 4.21. The van der Waals surface area contributed by atoms with Gasteiger partial charge in [-0.3, -0.25) is 4.57 Å². The second kappa shape index (κ2) is 8.75. The standard InChI is InChI=1S/C14H23F3N3O4P/c1-3-20(4-2)5-6-24-13-8-12(19-9-25(21,22)23)11(18)7-10(13)14(15,16)17/h7-8,19H,3-6,9,18H2,1-2H3,(H2,21,22,23). The molecule has 0 unspecified atom stereocenters. The molecule has 0 heterocycles. The van der Waals surface area contributed by atoms with E-state index in [0.29, 0.717) is 12.6 Å². The number of benzene rings is 1. The number of rotatable bonds is 9. The van der Waals surface area contributed by atoms with E-state index in [1.807, 2.05) is 18.7 Å². The highest BCUT2D eigenvalue weighted by Crippen LogP contribution is 2.41. The van der Waals surface area contributed by atoms with Crippen molar-refractivity contribution in [3.05, 3.63) is 17.7 Å². The first-order valence-corrected chi connectivity index (χ1v) is 9.42. The van der Waals surface area contributed by atoms with E-state index in [2.05, 4.69) is 5.32 Å². The molecule has 0 amide bonds. The van der Waals surface area contributed by atoms with Crippen LogP contribution in [0.1, 0.15) is 19.4 Å². The number of alkyl halides is 3. The molecular formula is C14H23F3N3O4P. The Balaban J connectivity index is 3.02. The van der Waals surface area contributed by atoms with Gasteiger partial charge in [0.2, 0.25) is 0 Å². The molecule has 0 aliphatic rings. The van der Waals surface area contributed by atoms with Gasteiger partial charge in [0.05, 0.1) is 16.9 Å². The Morgan fingerprint density at radius 1 is 1.28 bits per heavy atom. The largest absolute Gasteiger partial charge is 0.492 e. The van der Waals surface area contributed by atoms with Crippen LogP contribution in [0.25, 0.3) is 0 Å². The van der Waals surface area contributed by atoms with Gasteiger partial charge in [0, 0.05) is 12.6 Å². The lowest BCUT2D eigenvalue weighted by Crippen LogP contribution is -2.28. The maximum Gasteiger partial charge on any atom is 0.420 e. The van der Waals surface area contributed by atoms with E-state index in [-0.39, 0.29) is 18.0 Å². The minimum atomic E-state index is -4.67. The minimum Gasteiger partial charge on any atom is -0.492 e. The monoisotopic (exact) mass is 385 g/mol. The number of halogens is 3. The summed E-state index contributed by atoms with van der Waals surface area (Å²) in [5.74, 6) is -0.443. The first-order valence-electron chi connectivity index (χ1n) is 7.62. The predicted octanol–water partition coefficient (Wildman–Crippen LogP) is 2.56. The molecule has 5 N–H and O–H groups in total. The number of nitrogens with one attached hydrogen (secondary N) is 1. The highest BCUT2D eigenvalue weighted by Gasteiger charge is 2.35. The molecule has 7 nitrogen and oxygen atoms in total. The molecule has 0 saturated carbocycles. The number of anilines is 2. The van der Waals surface area contributed by atoms with E-state index < -0.39 is 31.4 Å². The smallest absolute Gasteiger partial charge is 0.420 e. The van der Waals surface area contributed by atoms with Gasteiger partial charge in [-0.1, -0.05) is 13.8 Å². The summed E-state index contributed by atoms with van der Waals surface area (Å²) < 4.78 is 55.7. The lowest BCUT2D eigenvalue weighted by molar-refractivity contribution is -0.138. The van der Waals surface area contributed by atoms with Gasteiger partial charge in [-0.05, 0) is 19.2 Å². The molecule has 144 valence electrons. The molecule has 1 rings (SSSR count). The number of nitrogens with two attached hydrogens (primary N) is 1. The lowest BCUT2D eigenvalue weighted by atomic mass is 10.1. The number of ether oxygens (including phenoxy) is 1. The molecule has 1 aromatic rings. The normalized spacial score (nSPS) is 12.5. The molecule has 0 aliphatic carbocycles. The molecule has 0 aliphatic heterocycles. The summed E-state index contributed by atoms with van der Waals surface area (Å²) >= 11 is 0. The first kappa shape index (κ1) is 21.6. The van der Waals surface area contributed by atoms with Crippen molar-refractivity contribution in [2.45, 2.75) is 20.0 Å². The van der Waals surface area contributed by atoms with Crippen LogP contribution in [0.4, 0.5) is 24.5 Å². The van der Waals surface area contributed by atoms with Crippen molar-refractivity contribution in [3.8, 4) is 5.75 Å².